The molecule has 0 bridgehead atoms. The summed E-state index contributed by atoms with van der Waals surface area (Å²) in [6.07, 6.45) is 1.13. The van der Waals surface area contributed by atoms with Gasteiger partial charge in [-0.05, 0) is 24.4 Å². The van der Waals surface area contributed by atoms with Crippen molar-refractivity contribution in [2.45, 2.75) is 19.9 Å². The lowest BCUT2D eigenvalue weighted by Crippen LogP contribution is -2.32. The van der Waals surface area contributed by atoms with Crippen LogP contribution in [0.2, 0.25) is 0 Å². The molecule has 1 rings (SSSR count). The Hall–Kier alpha value is -0.450. The highest BCUT2D eigenvalue weighted by Gasteiger charge is 2.06. The number of nitrogens with two attached hydrogens (primary N) is 1. The molecule has 0 aliphatic heterocycles. The van der Waals surface area contributed by atoms with Crippen LogP contribution in [-0.4, -0.2) is 23.0 Å². The summed E-state index contributed by atoms with van der Waals surface area (Å²) in [6.45, 7) is 4.90. The van der Waals surface area contributed by atoms with E-state index in [0.717, 1.165) is 26.1 Å². The van der Waals surface area contributed by atoms with Crippen molar-refractivity contribution in [2.75, 3.05) is 13.1 Å². The maximum atomic E-state index is 5.55. The first kappa shape index (κ1) is 11.6. The molecule has 0 saturated heterocycles. The summed E-state index contributed by atoms with van der Waals surface area (Å²) in [5, 5.41) is 2.10. The van der Waals surface area contributed by atoms with Crippen LogP contribution in [0.25, 0.3) is 0 Å². The Balaban J connectivity index is 2.46. The first-order valence-electron chi connectivity index (χ1n) is 4.75. The molecule has 0 unspecified atom stereocenters. The molecule has 2 N–H and O–H groups in total. The van der Waals surface area contributed by atoms with Crippen LogP contribution in [0, 0.1) is 0 Å². The average molecular weight is 228 g/mol. The third kappa shape index (κ3) is 4.17. The lowest BCUT2D eigenvalue weighted by Gasteiger charge is -2.19. The van der Waals surface area contributed by atoms with Crippen molar-refractivity contribution in [2.24, 2.45) is 5.73 Å². The predicted octanol–water partition coefficient (Wildman–Crippen LogP) is 2.25. The number of thiophene rings is 1. The van der Waals surface area contributed by atoms with E-state index in [4.69, 9.17) is 18.0 Å². The Morgan fingerprint density at radius 3 is 2.93 bits per heavy atom. The minimum absolute atomic E-state index is 0.579. The van der Waals surface area contributed by atoms with Gasteiger partial charge in [0.05, 0.1) is 4.99 Å². The smallest absolute Gasteiger partial charge is 0.0870 e. The molecule has 78 valence electrons. The number of rotatable bonds is 6. The van der Waals surface area contributed by atoms with Crippen molar-refractivity contribution in [1.82, 2.24) is 4.90 Å². The van der Waals surface area contributed by atoms with Crippen LogP contribution in [0.3, 0.4) is 0 Å². The Labute approximate surface area is 94.7 Å². The second-order valence-corrected chi connectivity index (χ2v) is 4.81. The van der Waals surface area contributed by atoms with Gasteiger partial charge in [0.25, 0.3) is 0 Å². The van der Waals surface area contributed by atoms with Gasteiger partial charge in [-0.2, -0.15) is 0 Å². The number of hydrogen-bond acceptors (Lipinski definition) is 3. The van der Waals surface area contributed by atoms with E-state index < -0.39 is 0 Å². The molecule has 1 aromatic heterocycles. The first-order chi connectivity index (χ1) is 6.72. The first-order valence-corrected chi connectivity index (χ1v) is 6.04. The molecule has 0 aliphatic rings. The molecule has 0 amide bonds. The average Bonchev–Trinajstić information content (AvgIpc) is 2.56. The fourth-order valence-corrected chi connectivity index (χ4v) is 2.30. The van der Waals surface area contributed by atoms with E-state index in [9.17, 15) is 0 Å². The van der Waals surface area contributed by atoms with Crippen molar-refractivity contribution in [3.05, 3.63) is 22.4 Å². The highest BCUT2D eigenvalue weighted by molar-refractivity contribution is 7.80. The largest absolute Gasteiger partial charge is 0.392 e. The fraction of sp³-hybridized carbons (Fsp3) is 0.500. The fourth-order valence-electron chi connectivity index (χ4n) is 1.37. The molecule has 0 radical (unpaired) electrons. The lowest BCUT2D eigenvalue weighted by molar-refractivity contribution is 0.307. The van der Waals surface area contributed by atoms with Crippen molar-refractivity contribution < 1.29 is 0 Å². The summed E-state index contributed by atoms with van der Waals surface area (Å²) >= 11 is 6.70. The van der Waals surface area contributed by atoms with Crippen LogP contribution < -0.4 is 5.73 Å². The van der Waals surface area contributed by atoms with Gasteiger partial charge in [0.1, 0.15) is 0 Å². The Bertz CT molecular complexity index is 270. The molecule has 0 spiro atoms. The topological polar surface area (TPSA) is 29.3 Å². The molecule has 0 atom stereocenters. The van der Waals surface area contributed by atoms with E-state index >= 15 is 0 Å². The minimum Gasteiger partial charge on any atom is -0.392 e. The van der Waals surface area contributed by atoms with E-state index in [0.29, 0.717) is 4.99 Å². The second kappa shape index (κ2) is 6.11. The van der Waals surface area contributed by atoms with Crippen LogP contribution in [-0.2, 0) is 6.54 Å². The van der Waals surface area contributed by atoms with Crippen molar-refractivity contribution in [3.8, 4) is 0 Å². The summed E-state index contributed by atoms with van der Waals surface area (Å²) in [7, 11) is 0. The van der Waals surface area contributed by atoms with E-state index in [1.807, 2.05) is 0 Å². The Kier molecular flexibility index (Phi) is 5.07. The van der Waals surface area contributed by atoms with E-state index in [1.54, 1.807) is 11.3 Å². The lowest BCUT2D eigenvalue weighted by atomic mass is 10.3. The van der Waals surface area contributed by atoms with Crippen molar-refractivity contribution >= 4 is 28.5 Å². The van der Waals surface area contributed by atoms with Gasteiger partial charge in [0.2, 0.25) is 0 Å². The van der Waals surface area contributed by atoms with Gasteiger partial charge in [-0.15, -0.1) is 11.3 Å². The van der Waals surface area contributed by atoms with Gasteiger partial charge in [-0.1, -0.05) is 25.2 Å². The molecular weight excluding hydrogens is 212 g/mol. The van der Waals surface area contributed by atoms with Gasteiger partial charge >= 0.3 is 0 Å². The van der Waals surface area contributed by atoms with Crippen LogP contribution in [0.4, 0.5) is 0 Å². The maximum Gasteiger partial charge on any atom is 0.0870 e. The molecule has 1 aromatic rings. The molecule has 0 fully saturated rings. The van der Waals surface area contributed by atoms with E-state index in [1.165, 1.54) is 4.88 Å². The zero-order chi connectivity index (χ0) is 10.4. The van der Waals surface area contributed by atoms with Crippen LogP contribution in [0.15, 0.2) is 17.5 Å². The molecular formula is C10H16N2S2. The monoisotopic (exact) mass is 228 g/mol. The van der Waals surface area contributed by atoms with Crippen LogP contribution in [0.1, 0.15) is 18.2 Å². The predicted molar refractivity (Wildman–Crippen MR) is 66.7 cm³/mol. The summed E-state index contributed by atoms with van der Waals surface area (Å²) in [6, 6.07) is 4.22. The minimum atomic E-state index is 0.579. The number of hydrogen-bond donors (Lipinski definition) is 1. The van der Waals surface area contributed by atoms with Crippen molar-refractivity contribution in [1.29, 1.82) is 0 Å². The highest BCUT2D eigenvalue weighted by Crippen LogP contribution is 2.11. The highest BCUT2D eigenvalue weighted by atomic mass is 32.1. The molecule has 0 saturated carbocycles. The second-order valence-electron chi connectivity index (χ2n) is 3.26. The summed E-state index contributed by atoms with van der Waals surface area (Å²) in [5.74, 6) is 0. The third-order valence-corrected chi connectivity index (χ3v) is 2.87. The van der Waals surface area contributed by atoms with Gasteiger partial charge in [-0.25, -0.2) is 0 Å². The van der Waals surface area contributed by atoms with Crippen LogP contribution in [0.5, 0.6) is 0 Å². The zero-order valence-electron chi connectivity index (χ0n) is 8.40. The molecule has 0 aromatic carbocycles. The zero-order valence-corrected chi connectivity index (χ0v) is 10.0. The van der Waals surface area contributed by atoms with Gasteiger partial charge < -0.3 is 5.73 Å². The molecule has 4 heteroatoms. The normalized spacial score (nSPS) is 10.7. The summed E-state index contributed by atoms with van der Waals surface area (Å²) in [4.78, 5) is 4.23. The van der Waals surface area contributed by atoms with Gasteiger partial charge in [-0.3, -0.25) is 4.90 Å². The number of thiocarbonyl (C=S) groups is 1. The van der Waals surface area contributed by atoms with E-state index in [-0.39, 0.29) is 0 Å². The van der Waals surface area contributed by atoms with E-state index in [2.05, 4.69) is 29.3 Å². The standard InChI is InChI=1S/C10H16N2S2/c1-2-5-12(8-10(11)13)7-9-4-3-6-14-9/h3-4,6H,2,5,7-8H2,1H3,(H2,11,13). The SMILES string of the molecule is CCCN(CC(N)=S)Cc1cccs1. The van der Waals surface area contributed by atoms with Crippen molar-refractivity contribution in [3.63, 3.8) is 0 Å². The third-order valence-electron chi connectivity index (χ3n) is 1.88. The Morgan fingerprint density at radius 2 is 2.43 bits per heavy atom. The molecule has 14 heavy (non-hydrogen) atoms. The summed E-state index contributed by atoms with van der Waals surface area (Å²) < 4.78 is 0. The molecule has 0 aliphatic carbocycles. The summed E-state index contributed by atoms with van der Waals surface area (Å²) in [5.41, 5.74) is 5.55. The quantitative estimate of drug-likeness (QED) is 0.757. The molecule has 2 nitrogen and oxygen atoms in total. The number of nitrogens with zero attached hydrogens (tertiary/aromatic N) is 1. The van der Waals surface area contributed by atoms with Crippen LogP contribution >= 0.6 is 23.6 Å². The maximum absolute atomic E-state index is 5.55. The Morgan fingerprint density at radius 1 is 1.64 bits per heavy atom. The van der Waals surface area contributed by atoms with Gasteiger partial charge in [0.15, 0.2) is 0 Å². The van der Waals surface area contributed by atoms with Gasteiger partial charge in [0, 0.05) is 18.0 Å². The molecule has 1 heterocycles.